The average Bonchev–Trinajstić information content (AvgIpc) is 3.36. The molecule has 0 spiro atoms. The van der Waals surface area contributed by atoms with E-state index in [0.717, 1.165) is 46.8 Å². The van der Waals surface area contributed by atoms with Crippen LogP contribution in [0.4, 0.5) is 0 Å². The van der Waals surface area contributed by atoms with Gasteiger partial charge >= 0.3 is 0 Å². The zero-order valence-corrected chi connectivity index (χ0v) is 19.4. The van der Waals surface area contributed by atoms with Gasteiger partial charge in [-0.1, -0.05) is 17.4 Å². The van der Waals surface area contributed by atoms with E-state index in [9.17, 15) is 4.79 Å². The second-order valence-corrected chi connectivity index (χ2v) is 9.72. The second-order valence-electron chi connectivity index (χ2n) is 8.72. The van der Waals surface area contributed by atoms with Gasteiger partial charge in [-0.25, -0.2) is 9.97 Å². The van der Waals surface area contributed by atoms with Gasteiger partial charge in [0.25, 0.3) is 5.19 Å². The van der Waals surface area contributed by atoms with Crippen molar-refractivity contribution in [1.82, 2.24) is 20.2 Å². The molecule has 2 bridgehead atoms. The number of amides is 1. The zero-order valence-electron chi connectivity index (χ0n) is 18.6. The quantitative estimate of drug-likeness (QED) is 0.564. The Morgan fingerprint density at radius 1 is 1.34 bits per heavy atom. The molecule has 0 aromatic carbocycles. The Balaban J connectivity index is 1.29. The molecule has 2 atom stereocenters. The van der Waals surface area contributed by atoms with Gasteiger partial charge in [0.15, 0.2) is 11.3 Å². The van der Waals surface area contributed by atoms with Gasteiger partial charge in [-0.15, -0.1) is 0 Å². The van der Waals surface area contributed by atoms with Gasteiger partial charge < -0.3 is 14.5 Å². The number of hydrogen-bond acceptors (Lipinski definition) is 7. The van der Waals surface area contributed by atoms with Crippen molar-refractivity contribution in [3.05, 3.63) is 40.7 Å². The highest BCUT2D eigenvalue weighted by Gasteiger charge is 2.41. The van der Waals surface area contributed by atoms with E-state index < -0.39 is 0 Å². The summed E-state index contributed by atoms with van der Waals surface area (Å²) in [7, 11) is 0. The molecule has 0 saturated carbocycles. The molecule has 1 N–H and O–H groups in total. The molecule has 0 radical (unpaired) electrons. The Bertz CT molecular complexity index is 1150. The predicted octanol–water partition coefficient (Wildman–Crippen LogP) is 5.05. The lowest BCUT2D eigenvalue weighted by Crippen LogP contribution is -2.49. The molecular formula is C24H28N4O3S. The summed E-state index contributed by atoms with van der Waals surface area (Å²) in [5, 5.41) is 3.70. The number of thiazole rings is 1. The van der Waals surface area contributed by atoms with Crippen molar-refractivity contribution >= 4 is 34.4 Å². The molecule has 2 fully saturated rings. The third kappa shape index (κ3) is 4.29. The number of carbonyl (C=O) groups excluding carboxylic acids is 1. The van der Waals surface area contributed by atoms with Gasteiger partial charge in [0, 0.05) is 37.2 Å². The number of rotatable bonds is 6. The number of furan rings is 1. The van der Waals surface area contributed by atoms with Crippen LogP contribution in [0, 0.1) is 6.92 Å². The molecule has 8 heteroatoms. The standard InChI is InChI=1S/C24H28N4O3S/c1-4-5-23-14(2)26-24(32-23)31-19-11-22-21(25-12-19)10-20(30-22)13-28-17-6-7-18(28)9-16(8-17)27-15(3)29/h4-5,10-12,16-18H,6-9,13H2,1-3H3,(H,27,29). The lowest BCUT2D eigenvalue weighted by molar-refractivity contribution is -0.120. The molecule has 2 aliphatic heterocycles. The minimum absolute atomic E-state index is 0.0650. The maximum atomic E-state index is 11.4. The molecule has 1 amide bonds. The van der Waals surface area contributed by atoms with Crippen LogP contribution in [0.5, 0.6) is 10.9 Å². The Morgan fingerprint density at radius 3 is 2.84 bits per heavy atom. The summed E-state index contributed by atoms with van der Waals surface area (Å²) in [5.74, 6) is 1.60. The molecule has 2 unspecified atom stereocenters. The lowest BCUT2D eigenvalue weighted by atomic mass is 9.97. The van der Waals surface area contributed by atoms with Crippen molar-refractivity contribution in [2.24, 2.45) is 0 Å². The molecule has 2 aliphatic rings. The maximum absolute atomic E-state index is 11.4. The summed E-state index contributed by atoms with van der Waals surface area (Å²) in [6.07, 6.45) is 10.1. The van der Waals surface area contributed by atoms with Gasteiger partial charge in [0.2, 0.25) is 5.91 Å². The summed E-state index contributed by atoms with van der Waals surface area (Å²) >= 11 is 1.51. The van der Waals surface area contributed by atoms with Gasteiger partial charge in [-0.05, 0) is 45.6 Å². The van der Waals surface area contributed by atoms with Crippen LogP contribution < -0.4 is 10.1 Å². The van der Waals surface area contributed by atoms with Crippen molar-refractivity contribution in [2.45, 2.75) is 71.1 Å². The van der Waals surface area contributed by atoms with E-state index in [2.05, 4.69) is 20.2 Å². The molecule has 3 aromatic rings. The van der Waals surface area contributed by atoms with Gasteiger partial charge in [-0.3, -0.25) is 9.69 Å². The lowest BCUT2D eigenvalue weighted by Gasteiger charge is -2.38. The normalized spacial score (nSPS) is 23.3. The first-order valence-corrected chi connectivity index (χ1v) is 12.0. The first-order chi connectivity index (χ1) is 15.5. The number of carbonyl (C=O) groups is 1. The minimum atomic E-state index is 0.0650. The number of hydrogen-bond donors (Lipinski definition) is 1. The monoisotopic (exact) mass is 452 g/mol. The van der Waals surface area contributed by atoms with E-state index in [0.29, 0.717) is 29.1 Å². The van der Waals surface area contributed by atoms with E-state index in [1.54, 1.807) is 13.1 Å². The van der Waals surface area contributed by atoms with E-state index in [1.165, 1.54) is 24.2 Å². The van der Waals surface area contributed by atoms with Crippen LogP contribution in [0.1, 0.15) is 55.9 Å². The molecule has 5 heterocycles. The van der Waals surface area contributed by atoms with E-state index in [1.807, 2.05) is 38.1 Å². The maximum Gasteiger partial charge on any atom is 0.279 e. The molecule has 2 saturated heterocycles. The number of pyridine rings is 1. The number of nitrogens with zero attached hydrogens (tertiary/aromatic N) is 3. The number of fused-ring (bicyclic) bond motifs is 3. The van der Waals surface area contributed by atoms with E-state index in [4.69, 9.17) is 9.15 Å². The molecular weight excluding hydrogens is 424 g/mol. The van der Waals surface area contributed by atoms with Crippen molar-refractivity contribution in [2.75, 3.05) is 0 Å². The van der Waals surface area contributed by atoms with Crippen LogP contribution >= 0.6 is 11.3 Å². The molecule has 7 nitrogen and oxygen atoms in total. The summed E-state index contributed by atoms with van der Waals surface area (Å²) in [6.45, 7) is 6.34. The number of allylic oxidation sites excluding steroid dienone is 1. The van der Waals surface area contributed by atoms with Gasteiger partial charge in [0.1, 0.15) is 11.3 Å². The second kappa shape index (κ2) is 8.67. The third-order valence-electron chi connectivity index (χ3n) is 6.36. The highest BCUT2D eigenvalue weighted by atomic mass is 32.1. The summed E-state index contributed by atoms with van der Waals surface area (Å²) in [4.78, 5) is 24.1. The fraction of sp³-hybridized carbons (Fsp3) is 0.458. The van der Waals surface area contributed by atoms with Crippen molar-refractivity contribution in [1.29, 1.82) is 0 Å². The van der Waals surface area contributed by atoms with Crippen LogP contribution in [0.25, 0.3) is 17.2 Å². The van der Waals surface area contributed by atoms with Gasteiger partial charge in [-0.2, -0.15) is 0 Å². The Hall–Kier alpha value is -2.71. The number of piperidine rings is 1. The highest BCUT2D eigenvalue weighted by Crippen LogP contribution is 2.38. The average molecular weight is 453 g/mol. The SMILES string of the molecule is CC=Cc1sc(Oc2cnc3cc(CN4C5CCC4CC(NC(C)=O)C5)oc3c2)nc1C. The Labute approximate surface area is 191 Å². The third-order valence-corrected chi connectivity index (χ3v) is 7.36. The highest BCUT2D eigenvalue weighted by molar-refractivity contribution is 7.14. The van der Waals surface area contributed by atoms with E-state index >= 15 is 0 Å². The van der Waals surface area contributed by atoms with Crippen LogP contribution in [-0.2, 0) is 11.3 Å². The summed E-state index contributed by atoms with van der Waals surface area (Å²) in [6, 6.07) is 5.18. The van der Waals surface area contributed by atoms with Crippen LogP contribution in [-0.4, -0.2) is 38.9 Å². The molecule has 3 aromatic heterocycles. The van der Waals surface area contributed by atoms with Crippen LogP contribution in [0.3, 0.4) is 0 Å². The summed E-state index contributed by atoms with van der Waals surface area (Å²) < 4.78 is 12.1. The molecule has 32 heavy (non-hydrogen) atoms. The van der Waals surface area contributed by atoms with Crippen molar-refractivity contribution in [3.63, 3.8) is 0 Å². The predicted molar refractivity (Wildman–Crippen MR) is 125 cm³/mol. The number of nitrogens with one attached hydrogen (secondary N) is 1. The minimum Gasteiger partial charge on any atom is -0.458 e. The van der Waals surface area contributed by atoms with Crippen LogP contribution in [0.2, 0.25) is 0 Å². The fourth-order valence-corrected chi connectivity index (χ4v) is 5.94. The Morgan fingerprint density at radius 2 is 2.12 bits per heavy atom. The largest absolute Gasteiger partial charge is 0.458 e. The van der Waals surface area contributed by atoms with Crippen LogP contribution in [0.15, 0.2) is 28.8 Å². The number of aromatic nitrogens is 2. The number of ether oxygens (including phenoxy) is 1. The summed E-state index contributed by atoms with van der Waals surface area (Å²) in [5.41, 5.74) is 2.51. The molecule has 0 aliphatic carbocycles. The zero-order chi connectivity index (χ0) is 22.2. The fourth-order valence-electron chi connectivity index (χ4n) is 5.04. The Kier molecular flexibility index (Phi) is 5.73. The van der Waals surface area contributed by atoms with Crippen molar-refractivity contribution < 1.29 is 13.9 Å². The first-order valence-electron chi connectivity index (χ1n) is 11.2. The number of aryl methyl sites for hydroxylation is 1. The molecule has 5 rings (SSSR count). The van der Waals surface area contributed by atoms with E-state index in [-0.39, 0.29) is 5.91 Å². The van der Waals surface area contributed by atoms with Crippen molar-refractivity contribution in [3.8, 4) is 10.9 Å². The topological polar surface area (TPSA) is 80.5 Å². The smallest absolute Gasteiger partial charge is 0.279 e. The molecule has 168 valence electrons. The van der Waals surface area contributed by atoms with Gasteiger partial charge in [0.05, 0.1) is 23.3 Å². The first kappa shape index (κ1) is 21.2.